The summed E-state index contributed by atoms with van der Waals surface area (Å²) in [4.78, 5) is 10.4. The van der Waals surface area contributed by atoms with Gasteiger partial charge in [-0.25, -0.2) is 0 Å². The van der Waals surface area contributed by atoms with Crippen molar-refractivity contribution in [3.63, 3.8) is 0 Å². The Labute approximate surface area is 79.1 Å². The van der Waals surface area contributed by atoms with Crippen LogP contribution in [-0.2, 0) is 14.1 Å². The fourth-order valence-corrected chi connectivity index (χ4v) is 2.13. The van der Waals surface area contributed by atoms with Crippen LogP contribution in [0.3, 0.4) is 0 Å². The van der Waals surface area contributed by atoms with Gasteiger partial charge in [0.2, 0.25) is 0 Å². The molecule has 3 atom stereocenters. The molecular weight excluding hydrogens is 191 g/mol. The Bertz CT molecular complexity index is 193. The first-order valence-electron chi connectivity index (χ1n) is 4.27. The molecule has 0 aromatic rings. The SMILES string of the molecule is CCOC(C)[P+](=O)CC(C)C(=O)O. The molecule has 0 heterocycles. The molecule has 0 spiro atoms. The molecule has 0 rings (SSSR count). The zero-order valence-corrected chi connectivity index (χ0v) is 9.08. The van der Waals surface area contributed by atoms with Gasteiger partial charge < -0.3 is 9.84 Å². The van der Waals surface area contributed by atoms with Crippen LogP contribution in [0.15, 0.2) is 0 Å². The Hall–Kier alpha value is -0.470. The summed E-state index contributed by atoms with van der Waals surface area (Å²) in [6.07, 6.45) is 0.186. The van der Waals surface area contributed by atoms with Crippen molar-refractivity contribution >= 4 is 13.8 Å². The third-order valence-electron chi connectivity index (χ3n) is 1.69. The van der Waals surface area contributed by atoms with E-state index in [-0.39, 0.29) is 12.0 Å². The van der Waals surface area contributed by atoms with Gasteiger partial charge in [0, 0.05) is 13.5 Å². The van der Waals surface area contributed by atoms with Crippen molar-refractivity contribution in [2.75, 3.05) is 12.8 Å². The summed E-state index contributed by atoms with van der Waals surface area (Å²) in [7, 11) is -1.57. The van der Waals surface area contributed by atoms with Crippen LogP contribution in [-0.4, -0.2) is 29.7 Å². The molecule has 5 heteroatoms. The lowest BCUT2D eigenvalue weighted by molar-refractivity contribution is -0.140. The highest BCUT2D eigenvalue weighted by atomic mass is 31.1. The third kappa shape index (κ3) is 4.96. The molecular formula is C8H16O4P+. The van der Waals surface area contributed by atoms with Gasteiger partial charge in [0.25, 0.3) is 5.85 Å². The monoisotopic (exact) mass is 207 g/mol. The first-order chi connectivity index (χ1) is 5.99. The van der Waals surface area contributed by atoms with E-state index < -0.39 is 19.7 Å². The second-order valence-electron chi connectivity index (χ2n) is 2.89. The highest BCUT2D eigenvalue weighted by Crippen LogP contribution is 2.31. The van der Waals surface area contributed by atoms with Crippen LogP contribution >= 0.6 is 7.80 Å². The summed E-state index contributed by atoms with van der Waals surface area (Å²) in [6.45, 7) is 5.58. The predicted octanol–water partition coefficient (Wildman–Crippen LogP) is 1.92. The van der Waals surface area contributed by atoms with Crippen molar-refractivity contribution in [1.29, 1.82) is 0 Å². The number of rotatable bonds is 6. The molecule has 0 bridgehead atoms. The second kappa shape index (κ2) is 6.06. The van der Waals surface area contributed by atoms with Crippen LogP contribution in [0.2, 0.25) is 0 Å². The van der Waals surface area contributed by atoms with E-state index in [1.807, 2.05) is 6.92 Å². The van der Waals surface area contributed by atoms with Gasteiger partial charge in [-0.1, -0.05) is 4.57 Å². The van der Waals surface area contributed by atoms with Crippen molar-refractivity contribution in [1.82, 2.24) is 0 Å². The third-order valence-corrected chi connectivity index (χ3v) is 3.56. The molecule has 0 radical (unpaired) electrons. The molecule has 0 saturated carbocycles. The number of carbonyl (C=O) groups is 1. The molecule has 0 aliphatic carbocycles. The van der Waals surface area contributed by atoms with Gasteiger partial charge in [-0.3, -0.25) is 4.79 Å². The van der Waals surface area contributed by atoms with E-state index in [1.165, 1.54) is 0 Å². The molecule has 0 aromatic carbocycles. The summed E-state index contributed by atoms with van der Waals surface area (Å²) in [5, 5.41) is 8.57. The first-order valence-corrected chi connectivity index (χ1v) is 5.78. The van der Waals surface area contributed by atoms with E-state index in [0.29, 0.717) is 6.61 Å². The van der Waals surface area contributed by atoms with Crippen LogP contribution < -0.4 is 0 Å². The second-order valence-corrected chi connectivity index (χ2v) is 4.82. The summed E-state index contributed by atoms with van der Waals surface area (Å²) < 4.78 is 16.5. The molecule has 3 unspecified atom stereocenters. The predicted molar refractivity (Wildman–Crippen MR) is 50.4 cm³/mol. The van der Waals surface area contributed by atoms with Crippen molar-refractivity contribution in [3.05, 3.63) is 0 Å². The minimum absolute atomic E-state index is 0.186. The number of ether oxygens (including phenoxy) is 1. The Kier molecular flexibility index (Phi) is 5.84. The van der Waals surface area contributed by atoms with Crippen molar-refractivity contribution < 1.29 is 19.2 Å². The molecule has 0 aliphatic rings. The number of carboxylic acid groups (broad SMARTS) is 1. The number of aliphatic carboxylic acids is 1. The Balaban J connectivity index is 3.92. The molecule has 1 N–H and O–H groups in total. The van der Waals surface area contributed by atoms with Crippen LogP contribution in [0.5, 0.6) is 0 Å². The minimum Gasteiger partial charge on any atom is -0.481 e. The quantitative estimate of drug-likeness (QED) is 0.676. The Morgan fingerprint density at radius 2 is 2.08 bits per heavy atom. The van der Waals surface area contributed by atoms with Gasteiger partial charge in [0.05, 0.1) is 5.92 Å². The minimum atomic E-state index is -1.57. The highest BCUT2D eigenvalue weighted by Gasteiger charge is 2.30. The van der Waals surface area contributed by atoms with Gasteiger partial charge in [-0.05, 0) is 13.8 Å². The zero-order chi connectivity index (χ0) is 10.4. The summed E-state index contributed by atoms with van der Waals surface area (Å²) in [6, 6.07) is 0. The Morgan fingerprint density at radius 1 is 1.54 bits per heavy atom. The number of carboxylic acids is 1. The van der Waals surface area contributed by atoms with E-state index in [2.05, 4.69) is 0 Å². The van der Waals surface area contributed by atoms with E-state index in [1.54, 1.807) is 13.8 Å². The molecule has 0 fully saturated rings. The lowest BCUT2D eigenvalue weighted by Gasteiger charge is -2.02. The highest BCUT2D eigenvalue weighted by molar-refractivity contribution is 7.45. The van der Waals surface area contributed by atoms with Crippen molar-refractivity contribution in [3.8, 4) is 0 Å². The standard InChI is InChI=1S/C8H15O4P/c1-4-12-7(3)13(11)5-6(2)8(9)10/h6-7H,4-5H2,1-3H3/p+1. The smallest absolute Gasteiger partial charge is 0.370 e. The fourth-order valence-electron chi connectivity index (χ4n) is 0.821. The maximum atomic E-state index is 11.4. The largest absolute Gasteiger partial charge is 0.481 e. The molecule has 0 saturated heterocycles. The average Bonchev–Trinajstić information content (AvgIpc) is 2.04. The van der Waals surface area contributed by atoms with Crippen LogP contribution in [0, 0.1) is 5.92 Å². The maximum Gasteiger partial charge on any atom is 0.370 e. The van der Waals surface area contributed by atoms with E-state index >= 15 is 0 Å². The average molecular weight is 207 g/mol. The van der Waals surface area contributed by atoms with Crippen molar-refractivity contribution in [2.45, 2.75) is 26.6 Å². The molecule has 13 heavy (non-hydrogen) atoms. The lowest BCUT2D eigenvalue weighted by atomic mass is 10.2. The van der Waals surface area contributed by atoms with Gasteiger partial charge in [-0.2, -0.15) is 0 Å². The maximum absolute atomic E-state index is 11.4. The van der Waals surface area contributed by atoms with Gasteiger partial charge in [-0.15, -0.1) is 0 Å². The summed E-state index contributed by atoms with van der Waals surface area (Å²) in [5.74, 6) is -1.82. The summed E-state index contributed by atoms with van der Waals surface area (Å²) >= 11 is 0. The van der Waals surface area contributed by atoms with Crippen molar-refractivity contribution in [2.24, 2.45) is 5.92 Å². The van der Waals surface area contributed by atoms with E-state index in [0.717, 1.165) is 0 Å². The van der Waals surface area contributed by atoms with Crippen LogP contribution in [0.4, 0.5) is 0 Å². The number of hydrogen-bond acceptors (Lipinski definition) is 3. The van der Waals surface area contributed by atoms with E-state index in [9.17, 15) is 9.36 Å². The van der Waals surface area contributed by atoms with E-state index in [4.69, 9.17) is 9.84 Å². The van der Waals surface area contributed by atoms with Gasteiger partial charge in [0.15, 0.2) is 6.16 Å². The molecule has 4 nitrogen and oxygen atoms in total. The molecule has 0 amide bonds. The molecule has 76 valence electrons. The normalized spacial score (nSPS) is 16.4. The van der Waals surface area contributed by atoms with Gasteiger partial charge in [0.1, 0.15) is 0 Å². The fraction of sp³-hybridized carbons (Fsp3) is 0.875. The van der Waals surface area contributed by atoms with Crippen LogP contribution in [0.25, 0.3) is 0 Å². The molecule has 0 aliphatic heterocycles. The van der Waals surface area contributed by atoms with Gasteiger partial charge >= 0.3 is 13.8 Å². The summed E-state index contributed by atoms with van der Waals surface area (Å²) in [5.41, 5.74) is 0. The molecule has 0 aromatic heterocycles. The van der Waals surface area contributed by atoms with Crippen LogP contribution in [0.1, 0.15) is 20.8 Å². The Morgan fingerprint density at radius 3 is 2.46 bits per heavy atom. The zero-order valence-electron chi connectivity index (χ0n) is 8.19. The number of hydrogen-bond donors (Lipinski definition) is 1. The topological polar surface area (TPSA) is 63.6 Å². The lowest BCUT2D eigenvalue weighted by Crippen LogP contribution is -2.14. The first kappa shape index (κ1) is 12.5.